The van der Waals surface area contributed by atoms with Gasteiger partial charge in [-0.1, -0.05) is 55.8 Å². The highest BCUT2D eigenvalue weighted by Gasteiger charge is 2.26. The number of nitrogens with two attached hydrogens (primary N) is 1. The average molecular weight is 269 g/mol. The minimum atomic E-state index is 0.313. The predicted octanol–water partition coefficient (Wildman–Crippen LogP) is 4.73. The topological polar surface area (TPSA) is 26.0 Å². The standard InChI is InChI=1S/C19H27N/c1-15-6-5-12-19(2,3)18(15)10-9-16-7-4-8-17(14-16)11-13-20/h4,7-10,14H,5-6,11-13,20H2,1-3H3/b10-9+. The molecular weight excluding hydrogens is 242 g/mol. The Hall–Kier alpha value is -1.34. The maximum atomic E-state index is 5.63. The molecule has 1 aliphatic rings. The Bertz CT molecular complexity index is 520. The van der Waals surface area contributed by atoms with Crippen molar-refractivity contribution in [2.75, 3.05) is 6.54 Å². The summed E-state index contributed by atoms with van der Waals surface area (Å²) in [4.78, 5) is 0. The van der Waals surface area contributed by atoms with E-state index in [2.05, 4.69) is 57.2 Å². The predicted molar refractivity (Wildman–Crippen MR) is 88.6 cm³/mol. The van der Waals surface area contributed by atoms with Crippen LogP contribution in [0.4, 0.5) is 0 Å². The average Bonchev–Trinajstić information content (AvgIpc) is 2.38. The van der Waals surface area contributed by atoms with Crippen LogP contribution in [0, 0.1) is 5.41 Å². The second-order valence-corrected chi connectivity index (χ2v) is 6.55. The van der Waals surface area contributed by atoms with E-state index in [1.54, 1.807) is 5.57 Å². The highest BCUT2D eigenvalue weighted by atomic mass is 14.5. The first kappa shape index (κ1) is 15.1. The van der Waals surface area contributed by atoms with Crippen LogP contribution in [0.5, 0.6) is 0 Å². The van der Waals surface area contributed by atoms with Crippen molar-refractivity contribution >= 4 is 6.08 Å². The summed E-state index contributed by atoms with van der Waals surface area (Å²) >= 11 is 0. The molecule has 0 atom stereocenters. The Morgan fingerprint density at radius 1 is 1.25 bits per heavy atom. The van der Waals surface area contributed by atoms with Gasteiger partial charge in [0.1, 0.15) is 0 Å². The Morgan fingerprint density at radius 3 is 2.75 bits per heavy atom. The van der Waals surface area contributed by atoms with E-state index in [0.29, 0.717) is 12.0 Å². The molecule has 0 aliphatic heterocycles. The third-order valence-electron chi connectivity index (χ3n) is 4.37. The molecule has 0 fully saturated rings. The van der Waals surface area contributed by atoms with E-state index in [1.165, 1.54) is 36.0 Å². The number of hydrogen-bond donors (Lipinski definition) is 1. The van der Waals surface area contributed by atoms with Gasteiger partial charge in [0.2, 0.25) is 0 Å². The number of hydrogen-bond acceptors (Lipinski definition) is 1. The van der Waals surface area contributed by atoms with Crippen LogP contribution in [0.3, 0.4) is 0 Å². The molecule has 0 saturated heterocycles. The molecule has 20 heavy (non-hydrogen) atoms. The number of benzene rings is 1. The maximum Gasteiger partial charge on any atom is -0.00367 e. The van der Waals surface area contributed by atoms with Crippen molar-refractivity contribution < 1.29 is 0 Å². The molecule has 1 nitrogen and oxygen atoms in total. The van der Waals surface area contributed by atoms with Crippen LogP contribution in [-0.4, -0.2) is 6.54 Å². The molecule has 0 saturated carbocycles. The molecular formula is C19H27N. The van der Waals surface area contributed by atoms with Crippen LogP contribution >= 0.6 is 0 Å². The summed E-state index contributed by atoms with van der Waals surface area (Å²) in [5, 5.41) is 0. The third-order valence-corrected chi connectivity index (χ3v) is 4.37. The second-order valence-electron chi connectivity index (χ2n) is 6.55. The Kier molecular flexibility index (Phi) is 4.82. The van der Waals surface area contributed by atoms with Gasteiger partial charge >= 0.3 is 0 Å². The van der Waals surface area contributed by atoms with E-state index in [0.717, 1.165) is 6.42 Å². The van der Waals surface area contributed by atoms with E-state index < -0.39 is 0 Å². The van der Waals surface area contributed by atoms with Crippen molar-refractivity contribution in [3.8, 4) is 0 Å². The van der Waals surface area contributed by atoms with E-state index >= 15 is 0 Å². The van der Waals surface area contributed by atoms with Crippen molar-refractivity contribution in [3.63, 3.8) is 0 Å². The van der Waals surface area contributed by atoms with Gasteiger partial charge in [-0.25, -0.2) is 0 Å². The van der Waals surface area contributed by atoms with Gasteiger partial charge in [-0.15, -0.1) is 0 Å². The van der Waals surface area contributed by atoms with Gasteiger partial charge in [0.25, 0.3) is 0 Å². The first-order chi connectivity index (χ1) is 9.53. The summed E-state index contributed by atoms with van der Waals surface area (Å²) < 4.78 is 0. The number of allylic oxidation sites excluding steroid dienone is 3. The van der Waals surface area contributed by atoms with Gasteiger partial charge in [-0.05, 0) is 61.3 Å². The Morgan fingerprint density at radius 2 is 2.05 bits per heavy atom. The van der Waals surface area contributed by atoms with Gasteiger partial charge in [-0.2, -0.15) is 0 Å². The zero-order chi connectivity index (χ0) is 14.6. The zero-order valence-corrected chi connectivity index (χ0v) is 13.1. The lowest BCUT2D eigenvalue weighted by Gasteiger charge is -2.32. The van der Waals surface area contributed by atoms with Crippen LogP contribution in [-0.2, 0) is 6.42 Å². The fourth-order valence-corrected chi connectivity index (χ4v) is 3.21. The SMILES string of the molecule is CC1=C(/C=C/c2cccc(CCN)c2)C(C)(C)CCC1. The smallest absolute Gasteiger partial charge is 0.00367 e. The van der Waals surface area contributed by atoms with Crippen molar-refractivity contribution in [1.82, 2.24) is 0 Å². The lowest BCUT2D eigenvalue weighted by Crippen LogP contribution is -2.18. The van der Waals surface area contributed by atoms with Crippen LogP contribution in [0.25, 0.3) is 6.08 Å². The summed E-state index contributed by atoms with van der Waals surface area (Å²) in [7, 11) is 0. The van der Waals surface area contributed by atoms with Gasteiger partial charge in [0.15, 0.2) is 0 Å². The molecule has 108 valence electrons. The van der Waals surface area contributed by atoms with Crippen molar-refractivity contribution in [1.29, 1.82) is 0 Å². The molecule has 0 radical (unpaired) electrons. The van der Waals surface area contributed by atoms with Gasteiger partial charge in [-0.3, -0.25) is 0 Å². The van der Waals surface area contributed by atoms with Crippen LogP contribution in [0.2, 0.25) is 0 Å². The number of rotatable bonds is 4. The largest absolute Gasteiger partial charge is 0.330 e. The molecule has 1 aliphatic carbocycles. The molecule has 2 N–H and O–H groups in total. The molecule has 1 aromatic rings. The monoisotopic (exact) mass is 269 g/mol. The molecule has 0 aromatic heterocycles. The fourth-order valence-electron chi connectivity index (χ4n) is 3.21. The van der Waals surface area contributed by atoms with Crippen molar-refractivity contribution in [2.45, 2.75) is 46.5 Å². The minimum Gasteiger partial charge on any atom is -0.330 e. The van der Waals surface area contributed by atoms with Crippen LogP contribution < -0.4 is 5.73 Å². The highest BCUT2D eigenvalue weighted by molar-refractivity contribution is 5.55. The van der Waals surface area contributed by atoms with Gasteiger partial charge < -0.3 is 5.73 Å². The van der Waals surface area contributed by atoms with Gasteiger partial charge in [0, 0.05) is 0 Å². The van der Waals surface area contributed by atoms with Gasteiger partial charge in [0.05, 0.1) is 0 Å². The molecule has 0 bridgehead atoms. The molecule has 2 rings (SSSR count). The first-order valence-corrected chi connectivity index (χ1v) is 7.70. The summed E-state index contributed by atoms with van der Waals surface area (Å²) in [6, 6.07) is 8.69. The molecule has 1 aromatic carbocycles. The van der Waals surface area contributed by atoms with Crippen LogP contribution in [0.1, 0.15) is 51.2 Å². The fraction of sp³-hybridized carbons (Fsp3) is 0.474. The van der Waals surface area contributed by atoms with Crippen molar-refractivity contribution in [3.05, 3.63) is 52.6 Å². The van der Waals surface area contributed by atoms with E-state index in [4.69, 9.17) is 5.73 Å². The third kappa shape index (κ3) is 3.61. The molecule has 0 unspecified atom stereocenters. The Balaban J connectivity index is 2.22. The summed E-state index contributed by atoms with van der Waals surface area (Å²) in [6.45, 7) is 7.72. The normalized spacial score (nSPS) is 18.8. The minimum absolute atomic E-state index is 0.313. The zero-order valence-electron chi connectivity index (χ0n) is 13.1. The quantitative estimate of drug-likeness (QED) is 0.840. The molecule has 0 amide bonds. The molecule has 0 heterocycles. The maximum absolute atomic E-state index is 5.63. The van der Waals surface area contributed by atoms with E-state index in [-0.39, 0.29) is 0 Å². The first-order valence-electron chi connectivity index (χ1n) is 7.70. The molecule has 0 spiro atoms. The summed E-state index contributed by atoms with van der Waals surface area (Å²) in [5.41, 5.74) is 11.6. The van der Waals surface area contributed by atoms with E-state index in [1.807, 2.05) is 0 Å². The molecule has 1 heteroatoms. The second kappa shape index (κ2) is 6.41. The Labute approximate surface area is 123 Å². The summed E-state index contributed by atoms with van der Waals surface area (Å²) in [6.07, 6.45) is 9.40. The highest BCUT2D eigenvalue weighted by Crippen LogP contribution is 2.40. The lowest BCUT2D eigenvalue weighted by atomic mass is 9.72. The van der Waals surface area contributed by atoms with Crippen molar-refractivity contribution in [2.24, 2.45) is 11.1 Å². The summed E-state index contributed by atoms with van der Waals surface area (Å²) in [5.74, 6) is 0. The van der Waals surface area contributed by atoms with E-state index in [9.17, 15) is 0 Å². The van der Waals surface area contributed by atoms with Crippen LogP contribution in [0.15, 0.2) is 41.5 Å². The lowest BCUT2D eigenvalue weighted by molar-refractivity contribution is 0.377.